The van der Waals surface area contributed by atoms with Crippen molar-refractivity contribution < 1.29 is 9.18 Å². The van der Waals surface area contributed by atoms with Crippen LogP contribution >= 0.6 is 11.6 Å². The SMILES string of the molecule is Cc1nn(C)c(C)c1C(=O)Cc1cccc(Cl)c1F. The Morgan fingerprint density at radius 3 is 2.68 bits per heavy atom. The van der Waals surface area contributed by atoms with E-state index in [0.29, 0.717) is 16.8 Å². The fourth-order valence-electron chi connectivity index (χ4n) is 2.12. The van der Waals surface area contributed by atoms with Gasteiger partial charge in [0.05, 0.1) is 16.3 Å². The van der Waals surface area contributed by atoms with Gasteiger partial charge in [0.2, 0.25) is 0 Å². The second kappa shape index (κ2) is 5.13. The fourth-order valence-corrected chi connectivity index (χ4v) is 2.32. The molecule has 0 N–H and O–H groups in total. The van der Waals surface area contributed by atoms with Crippen molar-refractivity contribution in [2.24, 2.45) is 7.05 Å². The number of ketones is 1. The summed E-state index contributed by atoms with van der Waals surface area (Å²) >= 11 is 5.71. The average molecular weight is 281 g/mol. The van der Waals surface area contributed by atoms with Crippen LogP contribution in [0.2, 0.25) is 5.02 Å². The van der Waals surface area contributed by atoms with Gasteiger partial charge in [-0.1, -0.05) is 23.7 Å². The van der Waals surface area contributed by atoms with Crippen LogP contribution in [0.1, 0.15) is 27.3 Å². The van der Waals surface area contributed by atoms with Crippen molar-refractivity contribution in [2.75, 3.05) is 0 Å². The zero-order chi connectivity index (χ0) is 14.2. The number of hydrogen-bond donors (Lipinski definition) is 0. The van der Waals surface area contributed by atoms with E-state index in [-0.39, 0.29) is 17.2 Å². The molecule has 0 aliphatic heterocycles. The standard InChI is InChI=1S/C14H14ClFN2O/c1-8-13(9(2)18(3)17-8)12(19)7-10-5-4-6-11(15)14(10)16/h4-6H,7H2,1-3H3. The van der Waals surface area contributed by atoms with Gasteiger partial charge in [-0.15, -0.1) is 0 Å². The summed E-state index contributed by atoms with van der Waals surface area (Å²) in [5.74, 6) is -0.680. The van der Waals surface area contributed by atoms with Crippen LogP contribution in [0, 0.1) is 19.7 Å². The minimum Gasteiger partial charge on any atom is -0.294 e. The minimum atomic E-state index is -0.531. The maximum atomic E-state index is 13.8. The van der Waals surface area contributed by atoms with Crippen molar-refractivity contribution in [1.29, 1.82) is 0 Å². The van der Waals surface area contributed by atoms with Crippen LogP contribution in [0.5, 0.6) is 0 Å². The van der Waals surface area contributed by atoms with Gasteiger partial charge in [0, 0.05) is 19.2 Å². The topological polar surface area (TPSA) is 34.9 Å². The average Bonchev–Trinajstić information content (AvgIpc) is 2.59. The molecule has 0 bridgehead atoms. The third kappa shape index (κ3) is 2.54. The summed E-state index contributed by atoms with van der Waals surface area (Å²) in [6.07, 6.45) is -0.0141. The monoisotopic (exact) mass is 280 g/mol. The van der Waals surface area contributed by atoms with Crippen LogP contribution in [-0.4, -0.2) is 15.6 Å². The molecule has 0 radical (unpaired) electrons. The van der Waals surface area contributed by atoms with Crippen LogP contribution in [0.3, 0.4) is 0 Å². The molecule has 0 amide bonds. The van der Waals surface area contributed by atoms with Gasteiger partial charge in [-0.2, -0.15) is 5.10 Å². The Balaban J connectivity index is 2.34. The Bertz CT molecular complexity index is 649. The molecule has 0 fully saturated rings. The smallest absolute Gasteiger partial charge is 0.171 e. The molecule has 0 unspecified atom stereocenters. The number of carbonyl (C=O) groups excluding carboxylic acids is 1. The third-order valence-corrected chi connectivity index (χ3v) is 3.46. The van der Waals surface area contributed by atoms with E-state index in [1.54, 1.807) is 30.8 Å². The lowest BCUT2D eigenvalue weighted by molar-refractivity contribution is 0.0990. The van der Waals surface area contributed by atoms with E-state index >= 15 is 0 Å². The first kappa shape index (κ1) is 13.7. The number of nitrogens with zero attached hydrogens (tertiary/aromatic N) is 2. The molecule has 1 heterocycles. The lowest BCUT2D eigenvalue weighted by atomic mass is 10.0. The van der Waals surface area contributed by atoms with Crippen molar-refractivity contribution in [3.05, 3.63) is 51.6 Å². The molecule has 5 heteroatoms. The Morgan fingerprint density at radius 2 is 2.11 bits per heavy atom. The van der Waals surface area contributed by atoms with Crippen molar-refractivity contribution in [2.45, 2.75) is 20.3 Å². The highest BCUT2D eigenvalue weighted by Gasteiger charge is 2.19. The van der Waals surface area contributed by atoms with Crippen LogP contribution in [0.25, 0.3) is 0 Å². The highest BCUT2D eigenvalue weighted by Crippen LogP contribution is 2.21. The van der Waals surface area contributed by atoms with E-state index in [4.69, 9.17) is 11.6 Å². The Morgan fingerprint density at radius 1 is 1.42 bits per heavy atom. The number of benzene rings is 1. The van der Waals surface area contributed by atoms with E-state index < -0.39 is 5.82 Å². The largest absolute Gasteiger partial charge is 0.294 e. The molecule has 100 valence electrons. The van der Waals surface area contributed by atoms with Gasteiger partial charge in [-0.3, -0.25) is 9.48 Å². The summed E-state index contributed by atoms with van der Waals surface area (Å²) in [6, 6.07) is 4.67. The number of carbonyl (C=O) groups is 1. The molecule has 0 saturated heterocycles. The normalized spacial score (nSPS) is 10.8. The van der Waals surface area contributed by atoms with Gasteiger partial charge in [0.25, 0.3) is 0 Å². The predicted octanol–water partition coefficient (Wildman–Crippen LogP) is 3.25. The van der Waals surface area contributed by atoms with E-state index in [1.807, 2.05) is 6.92 Å². The van der Waals surface area contributed by atoms with Gasteiger partial charge < -0.3 is 0 Å². The molecule has 2 aromatic rings. The predicted molar refractivity (Wildman–Crippen MR) is 72.1 cm³/mol. The minimum absolute atomic E-state index is 0.0141. The molecule has 0 aliphatic carbocycles. The zero-order valence-corrected chi connectivity index (χ0v) is 11.8. The molecule has 0 saturated carbocycles. The molecule has 1 aromatic heterocycles. The fraction of sp³-hybridized carbons (Fsp3) is 0.286. The van der Waals surface area contributed by atoms with E-state index in [1.165, 1.54) is 6.07 Å². The molecule has 0 atom stereocenters. The highest BCUT2D eigenvalue weighted by molar-refractivity contribution is 6.30. The summed E-state index contributed by atoms with van der Waals surface area (Å²) in [5.41, 5.74) is 2.31. The molecular formula is C14H14ClFN2O. The summed E-state index contributed by atoms with van der Waals surface area (Å²) in [4.78, 5) is 12.3. The molecule has 0 spiro atoms. The second-order valence-corrected chi connectivity index (χ2v) is 4.89. The lowest BCUT2D eigenvalue weighted by Crippen LogP contribution is -2.08. The Labute approximate surface area is 116 Å². The third-order valence-electron chi connectivity index (χ3n) is 3.17. The van der Waals surface area contributed by atoms with Gasteiger partial charge in [-0.05, 0) is 25.5 Å². The van der Waals surface area contributed by atoms with Crippen molar-refractivity contribution >= 4 is 17.4 Å². The first-order valence-corrected chi connectivity index (χ1v) is 6.26. The van der Waals surface area contributed by atoms with Gasteiger partial charge in [0.15, 0.2) is 5.78 Å². The number of rotatable bonds is 3. The molecule has 2 rings (SSSR count). The van der Waals surface area contributed by atoms with Gasteiger partial charge in [0.1, 0.15) is 5.82 Å². The van der Waals surface area contributed by atoms with Crippen molar-refractivity contribution in [1.82, 2.24) is 9.78 Å². The number of halogens is 2. The lowest BCUT2D eigenvalue weighted by Gasteiger charge is -2.04. The maximum absolute atomic E-state index is 13.8. The summed E-state index contributed by atoms with van der Waals surface area (Å²) in [7, 11) is 1.78. The molecule has 19 heavy (non-hydrogen) atoms. The molecule has 3 nitrogen and oxygen atoms in total. The van der Waals surface area contributed by atoms with Crippen LogP contribution in [0.4, 0.5) is 4.39 Å². The number of aromatic nitrogens is 2. The molecule has 0 aliphatic rings. The Hall–Kier alpha value is -1.68. The highest BCUT2D eigenvalue weighted by atomic mass is 35.5. The van der Waals surface area contributed by atoms with Crippen molar-refractivity contribution in [3.8, 4) is 0 Å². The van der Waals surface area contributed by atoms with Crippen LogP contribution < -0.4 is 0 Å². The van der Waals surface area contributed by atoms with Crippen molar-refractivity contribution in [3.63, 3.8) is 0 Å². The quantitative estimate of drug-likeness (QED) is 0.809. The maximum Gasteiger partial charge on any atom is 0.171 e. The van der Waals surface area contributed by atoms with Crippen LogP contribution in [-0.2, 0) is 13.5 Å². The van der Waals surface area contributed by atoms with Gasteiger partial charge in [-0.25, -0.2) is 4.39 Å². The van der Waals surface area contributed by atoms with Gasteiger partial charge >= 0.3 is 0 Å². The zero-order valence-electron chi connectivity index (χ0n) is 11.0. The molecule has 1 aromatic carbocycles. The summed E-state index contributed by atoms with van der Waals surface area (Å²) < 4.78 is 15.4. The Kier molecular flexibility index (Phi) is 3.71. The van der Waals surface area contributed by atoms with E-state index in [0.717, 1.165) is 5.69 Å². The van der Waals surface area contributed by atoms with E-state index in [2.05, 4.69) is 5.10 Å². The number of Topliss-reactive ketones (excluding diaryl/α,β-unsaturated/α-hetero) is 1. The van der Waals surface area contributed by atoms with E-state index in [9.17, 15) is 9.18 Å². The first-order valence-electron chi connectivity index (χ1n) is 5.88. The van der Waals surface area contributed by atoms with Crippen LogP contribution in [0.15, 0.2) is 18.2 Å². The first-order chi connectivity index (χ1) is 8.91. The summed E-state index contributed by atoms with van der Waals surface area (Å²) in [5, 5.41) is 4.22. The second-order valence-electron chi connectivity index (χ2n) is 4.48. The summed E-state index contributed by atoms with van der Waals surface area (Å²) in [6.45, 7) is 3.59. The number of aryl methyl sites for hydroxylation is 2. The molecular weight excluding hydrogens is 267 g/mol. The number of hydrogen-bond acceptors (Lipinski definition) is 2.